The molecule has 0 atom stereocenters. The van der Waals surface area contributed by atoms with Crippen LogP contribution in [0.3, 0.4) is 0 Å². The van der Waals surface area contributed by atoms with Gasteiger partial charge in [0.15, 0.2) is 5.82 Å². The van der Waals surface area contributed by atoms with E-state index >= 15 is 0 Å². The lowest BCUT2D eigenvalue weighted by Crippen LogP contribution is -2.16. The maximum absolute atomic E-state index is 13.5. The van der Waals surface area contributed by atoms with Crippen molar-refractivity contribution in [1.29, 1.82) is 0 Å². The number of rotatable bonds is 4. The highest BCUT2D eigenvalue weighted by atomic mass is 35.5. The molecule has 23 heavy (non-hydrogen) atoms. The molecule has 3 aromatic rings. The van der Waals surface area contributed by atoms with E-state index in [1.165, 1.54) is 12.1 Å². The number of carbonyl (C=O) groups excluding carboxylic acids is 1. The van der Waals surface area contributed by atoms with Crippen LogP contribution >= 0.6 is 11.6 Å². The summed E-state index contributed by atoms with van der Waals surface area (Å²) in [5.74, 6) is -0.475. The number of para-hydroxylation sites is 1. The van der Waals surface area contributed by atoms with Crippen molar-refractivity contribution in [2.75, 3.05) is 5.32 Å². The molecule has 5 nitrogen and oxygen atoms in total. The summed E-state index contributed by atoms with van der Waals surface area (Å²) < 4.78 is 18.6. The summed E-state index contributed by atoms with van der Waals surface area (Å²) in [6, 6.07) is 12.8. The van der Waals surface area contributed by atoms with Crippen LogP contribution in [0.15, 0.2) is 53.1 Å². The molecule has 0 radical (unpaired) electrons. The number of amides is 1. The quantitative estimate of drug-likeness (QED) is 0.791. The van der Waals surface area contributed by atoms with E-state index in [2.05, 4.69) is 15.5 Å². The summed E-state index contributed by atoms with van der Waals surface area (Å²) in [7, 11) is 0. The molecule has 0 aliphatic rings. The van der Waals surface area contributed by atoms with Crippen molar-refractivity contribution >= 4 is 23.2 Å². The predicted molar refractivity (Wildman–Crippen MR) is 83.5 cm³/mol. The van der Waals surface area contributed by atoms with Crippen LogP contribution in [0.4, 0.5) is 10.1 Å². The monoisotopic (exact) mass is 331 g/mol. The second kappa shape index (κ2) is 6.58. The van der Waals surface area contributed by atoms with Gasteiger partial charge in [-0.15, -0.1) is 0 Å². The molecule has 2 aromatic carbocycles. The molecule has 116 valence electrons. The fourth-order valence-electron chi connectivity index (χ4n) is 1.97. The molecule has 7 heteroatoms. The van der Waals surface area contributed by atoms with E-state index in [4.69, 9.17) is 16.1 Å². The first-order valence-electron chi connectivity index (χ1n) is 6.75. The van der Waals surface area contributed by atoms with Gasteiger partial charge in [-0.1, -0.05) is 35.0 Å². The van der Waals surface area contributed by atoms with Gasteiger partial charge in [-0.05, 0) is 30.3 Å². The molecule has 1 aromatic heterocycles. The normalized spacial score (nSPS) is 10.5. The predicted octanol–water partition coefficient (Wildman–Crippen LogP) is 3.71. The molecular weight excluding hydrogens is 321 g/mol. The van der Waals surface area contributed by atoms with E-state index in [0.717, 1.165) is 0 Å². The number of nitrogens with zero attached hydrogens (tertiary/aromatic N) is 2. The van der Waals surface area contributed by atoms with Crippen molar-refractivity contribution in [3.63, 3.8) is 0 Å². The molecule has 0 saturated carbocycles. The SMILES string of the molecule is O=C(Cc1noc(-c2cccc(Cl)c2)n1)Nc1ccccc1F. The maximum atomic E-state index is 13.5. The molecule has 0 bridgehead atoms. The Morgan fingerprint density at radius 1 is 1.22 bits per heavy atom. The second-order valence-corrected chi connectivity index (χ2v) is 5.17. The van der Waals surface area contributed by atoms with Gasteiger partial charge in [-0.25, -0.2) is 4.39 Å². The highest BCUT2D eigenvalue weighted by molar-refractivity contribution is 6.30. The summed E-state index contributed by atoms with van der Waals surface area (Å²) in [5, 5.41) is 6.74. The van der Waals surface area contributed by atoms with Gasteiger partial charge in [0.2, 0.25) is 5.91 Å². The summed E-state index contributed by atoms with van der Waals surface area (Å²) >= 11 is 5.90. The minimum atomic E-state index is -0.506. The van der Waals surface area contributed by atoms with Gasteiger partial charge in [-0.2, -0.15) is 4.98 Å². The van der Waals surface area contributed by atoms with Gasteiger partial charge in [0.25, 0.3) is 5.89 Å². The maximum Gasteiger partial charge on any atom is 0.257 e. The van der Waals surface area contributed by atoms with Crippen LogP contribution in [0.5, 0.6) is 0 Å². The van der Waals surface area contributed by atoms with Crippen molar-refractivity contribution < 1.29 is 13.7 Å². The Kier molecular flexibility index (Phi) is 4.34. The van der Waals surface area contributed by atoms with Crippen LogP contribution in [0.25, 0.3) is 11.5 Å². The van der Waals surface area contributed by atoms with Gasteiger partial charge >= 0.3 is 0 Å². The zero-order valence-corrected chi connectivity index (χ0v) is 12.5. The molecule has 0 saturated heterocycles. The Balaban J connectivity index is 1.69. The first kappa shape index (κ1) is 15.2. The zero-order chi connectivity index (χ0) is 16.2. The van der Waals surface area contributed by atoms with Gasteiger partial charge in [0.1, 0.15) is 5.82 Å². The Morgan fingerprint density at radius 2 is 2.04 bits per heavy atom. The van der Waals surface area contributed by atoms with Crippen LogP contribution in [-0.2, 0) is 11.2 Å². The van der Waals surface area contributed by atoms with Crippen molar-refractivity contribution in [1.82, 2.24) is 10.1 Å². The molecule has 0 fully saturated rings. The Hall–Kier alpha value is -2.73. The summed E-state index contributed by atoms with van der Waals surface area (Å²) in [5.41, 5.74) is 0.766. The first-order chi connectivity index (χ1) is 11.1. The fourth-order valence-corrected chi connectivity index (χ4v) is 2.16. The highest BCUT2D eigenvalue weighted by Crippen LogP contribution is 2.21. The van der Waals surface area contributed by atoms with Gasteiger partial charge in [-0.3, -0.25) is 4.79 Å². The number of aromatic nitrogens is 2. The number of anilines is 1. The number of nitrogens with one attached hydrogen (secondary N) is 1. The Labute approximate surface area is 136 Å². The van der Waals surface area contributed by atoms with E-state index in [0.29, 0.717) is 10.6 Å². The van der Waals surface area contributed by atoms with Crippen LogP contribution < -0.4 is 5.32 Å². The first-order valence-corrected chi connectivity index (χ1v) is 7.12. The highest BCUT2D eigenvalue weighted by Gasteiger charge is 2.13. The van der Waals surface area contributed by atoms with Crippen LogP contribution in [0.2, 0.25) is 5.02 Å². The third kappa shape index (κ3) is 3.73. The molecule has 0 aliphatic carbocycles. The lowest BCUT2D eigenvalue weighted by molar-refractivity contribution is -0.115. The molecule has 1 N–H and O–H groups in total. The summed E-state index contributed by atoms with van der Waals surface area (Å²) in [6.45, 7) is 0. The summed E-state index contributed by atoms with van der Waals surface area (Å²) in [4.78, 5) is 16.0. The van der Waals surface area contributed by atoms with Crippen LogP contribution in [0.1, 0.15) is 5.82 Å². The number of hydrogen-bond donors (Lipinski definition) is 1. The van der Waals surface area contributed by atoms with Crippen molar-refractivity contribution in [2.24, 2.45) is 0 Å². The lowest BCUT2D eigenvalue weighted by Gasteiger charge is -2.03. The van der Waals surface area contributed by atoms with Crippen molar-refractivity contribution in [3.05, 3.63) is 65.2 Å². The van der Waals surface area contributed by atoms with Gasteiger partial charge in [0.05, 0.1) is 12.1 Å². The number of carbonyl (C=O) groups is 1. The average Bonchev–Trinajstić information content (AvgIpc) is 2.98. The minimum Gasteiger partial charge on any atom is -0.334 e. The van der Waals surface area contributed by atoms with E-state index in [-0.39, 0.29) is 23.8 Å². The molecular formula is C16H11ClFN3O2. The lowest BCUT2D eigenvalue weighted by atomic mass is 10.2. The zero-order valence-electron chi connectivity index (χ0n) is 11.8. The van der Waals surface area contributed by atoms with Crippen molar-refractivity contribution in [2.45, 2.75) is 6.42 Å². The number of hydrogen-bond acceptors (Lipinski definition) is 4. The van der Waals surface area contributed by atoms with Gasteiger partial charge in [0, 0.05) is 10.6 Å². The average molecular weight is 332 g/mol. The third-order valence-electron chi connectivity index (χ3n) is 3.01. The molecule has 3 rings (SSSR count). The largest absolute Gasteiger partial charge is 0.334 e. The molecule has 0 spiro atoms. The number of halogens is 2. The number of benzene rings is 2. The standard InChI is InChI=1S/C16H11ClFN3O2/c17-11-5-3-4-10(8-11)16-20-14(21-23-16)9-15(22)19-13-7-2-1-6-12(13)18/h1-8H,9H2,(H,19,22). The van der Waals surface area contributed by atoms with Crippen molar-refractivity contribution in [3.8, 4) is 11.5 Å². The molecule has 0 aliphatic heterocycles. The van der Waals surface area contributed by atoms with Crippen LogP contribution in [0, 0.1) is 5.82 Å². The molecule has 1 amide bonds. The Bertz CT molecular complexity index is 851. The van der Waals surface area contributed by atoms with E-state index in [1.54, 1.807) is 36.4 Å². The summed E-state index contributed by atoms with van der Waals surface area (Å²) in [6.07, 6.45) is -0.127. The Morgan fingerprint density at radius 3 is 2.83 bits per heavy atom. The second-order valence-electron chi connectivity index (χ2n) is 4.73. The minimum absolute atomic E-state index is 0.107. The smallest absolute Gasteiger partial charge is 0.257 e. The third-order valence-corrected chi connectivity index (χ3v) is 3.24. The fraction of sp³-hybridized carbons (Fsp3) is 0.0625. The molecule has 1 heterocycles. The van der Waals surface area contributed by atoms with Crippen LogP contribution in [-0.4, -0.2) is 16.0 Å². The van der Waals surface area contributed by atoms with Gasteiger partial charge < -0.3 is 9.84 Å². The molecule has 0 unspecified atom stereocenters. The van der Waals surface area contributed by atoms with E-state index in [9.17, 15) is 9.18 Å². The van der Waals surface area contributed by atoms with E-state index in [1.807, 2.05) is 0 Å². The van der Waals surface area contributed by atoms with E-state index < -0.39 is 11.7 Å². The topological polar surface area (TPSA) is 68.0 Å².